The molecule has 0 spiro atoms. The zero-order chi connectivity index (χ0) is 14.5. The Morgan fingerprint density at radius 2 is 1.90 bits per heavy atom. The number of hydrogen-bond acceptors (Lipinski definition) is 6. The van der Waals surface area contributed by atoms with Gasteiger partial charge in [0.25, 0.3) is 5.69 Å². The molecule has 1 aliphatic heterocycles. The lowest BCUT2D eigenvalue weighted by atomic mass is 10.1. The van der Waals surface area contributed by atoms with Crippen molar-refractivity contribution in [3.05, 3.63) is 50.2 Å². The highest BCUT2D eigenvalue weighted by atomic mass is 16.6. The zero-order valence-corrected chi connectivity index (χ0v) is 10.6. The first kappa shape index (κ1) is 13.9. The molecule has 1 aromatic carbocycles. The highest BCUT2D eigenvalue weighted by molar-refractivity contribution is 5.70. The second kappa shape index (κ2) is 6.11. The van der Waals surface area contributed by atoms with Crippen LogP contribution in [0.4, 0.5) is 11.4 Å². The molecule has 0 amide bonds. The van der Waals surface area contributed by atoms with E-state index in [0.29, 0.717) is 31.9 Å². The van der Waals surface area contributed by atoms with Gasteiger partial charge in [0.15, 0.2) is 0 Å². The lowest BCUT2D eigenvalue weighted by Crippen LogP contribution is -2.36. The topological polar surface area (TPSA) is 98.8 Å². The molecule has 0 aromatic heterocycles. The third-order valence-corrected chi connectivity index (χ3v) is 2.95. The molecule has 1 aliphatic rings. The molecule has 0 radical (unpaired) electrons. The first-order chi connectivity index (χ1) is 9.58. The molecule has 1 aromatic rings. The first-order valence-corrected chi connectivity index (χ1v) is 6.01. The summed E-state index contributed by atoms with van der Waals surface area (Å²) in [6.07, 6.45) is 2.06. The first-order valence-electron chi connectivity index (χ1n) is 6.01. The molecule has 8 nitrogen and oxygen atoms in total. The van der Waals surface area contributed by atoms with Gasteiger partial charge in [-0.3, -0.25) is 20.2 Å². The lowest BCUT2D eigenvalue weighted by Gasteiger charge is -2.29. The maximum Gasteiger partial charge on any atom is 0.270 e. The van der Waals surface area contributed by atoms with Gasteiger partial charge in [-0.15, -0.1) is 0 Å². The summed E-state index contributed by atoms with van der Waals surface area (Å²) in [5.74, 6) is 0. The molecule has 2 rings (SSSR count). The Labute approximate surface area is 114 Å². The predicted molar refractivity (Wildman–Crippen MR) is 72.2 cm³/mol. The van der Waals surface area contributed by atoms with Crippen LogP contribution in [0.3, 0.4) is 0 Å². The van der Waals surface area contributed by atoms with Gasteiger partial charge < -0.3 is 9.64 Å². The average Bonchev–Trinajstić information content (AvgIpc) is 2.45. The van der Waals surface area contributed by atoms with Crippen LogP contribution < -0.4 is 4.90 Å². The summed E-state index contributed by atoms with van der Waals surface area (Å²) in [6, 6.07) is 4.35. The summed E-state index contributed by atoms with van der Waals surface area (Å²) < 4.78 is 5.25. The van der Waals surface area contributed by atoms with E-state index in [9.17, 15) is 20.2 Å². The maximum absolute atomic E-state index is 10.8. The second-order valence-electron chi connectivity index (χ2n) is 4.20. The van der Waals surface area contributed by atoms with E-state index in [1.165, 1.54) is 18.2 Å². The Hall–Kier alpha value is -2.48. The van der Waals surface area contributed by atoms with Crippen molar-refractivity contribution in [3.63, 3.8) is 0 Å². The third kappa shape index (κ3) is 3.29. The molecule has 0 N–H and O–H groups in total. The van der Waals surface area contributed by atoms with Crippen molar-refractivity contribution in [2.24, 2.45) is 0 Å². The van der Waals surface area contributed by atoms with Gasteiger partial charge in [-0.1, -0.05) is 0 Å². The van der Waals surface area contributed by atoms with Crippen molar-refractivity contribution in [2.75, 3.05) is 31.2 Å². The van der Waals surface area contributed by atoms with E-state index in [1.807, 2.05) is 4.90 Å². The zero-order valence-electron chi connectivity index (χ0n) is 10.6. The summed E-state index contributed by atoms with van der Waals surface area (Å²) >= 11 is 0. The molecule has 0 bridgehead atoms. The summed E-state index contributed by atoms with van der Waals surface area (Å²) in [4.78, 5) is 22.1. The molecular formula is C12H13N3O5. The number of benzene rings is 1. The highest BCUT2D eigenvalue weighted by Crippen LogP contribution is 2.27. The van der Waals surface area contributed by atoms with Crippen LogP contribution in [0.25, 0.3) is 6.08 Å². The molecule has 1 heterocycles. The summed E-state index contributed by atoms with van der Waals surface area (Å²) in [5, 5.41) is 21.2. The quantitative estimate of drug-likeness (QED) is 0.614. The van der Waals surface area contributed by atoms with Gasteiger partial charge in [-0.05, 0) is 6.07 Å². The van der Waals surface area contributed by atoms with Crippen LogP contribution in [0.15, 0.2) is 24.4 Å². The summed E-state index contributed by atoms with van der Waals surface area (Å²) in [6.45, 7) is 2.43. The van der Waals surface area contributed by atoms with Crippen LogP contribution in [-0.4, -0.2) is 36.1 Å². The van der Waals surface area contributed by atoms with Crippen LogP contribution >= 0.6 is 0 Å². The minimum absolute atomic E-state index is 0.0926. The van der Waals surface area contributed by atoms with Gasteiger partial charge in [0.05, 0.1) is 23.1 Å². The molecule has 0 unspecified atom stereocenters. The molecule has 0 aliphatic carbocycles. The van der Waals surface area contributed by atoms with Crippen LogP contribution in [0.5, 0.6) is 0 Å². The SMILES string of the molecule is O=[N+]([O-])/C=C\c1cc([N+](=O)[O-])ccc1N1CCOCC1. The highest BCUT2D eigenvalue weighted by Gasteiger charge is 2.17. The van der Waals surface area contributed by atoms with E-state index in [1.54, 1.807) is 6.07 Å². The van der Waals surface area contributed by atoms with Crippen LogP contribution in [0.2, 0.25) is 0 Å². The molecule has 8 heteroatoms. The van der Waals surface area contributed by atoms with Gasteiger partial charge in [0, 0.05) is 42.5 Å². The van der Waals surface area contributed by atoms with E-state index < -0.39 is 9.85 Å². The number of nitrogens with zero attached hydrogens (tertiary/aromatic N) is 3. The fourth-order valence-corrected chi connectivity index (χ4v) is 2.02. The third-order valence-electron chi connectivity index (χ3n) is 2.95. The van der Waals surface area contributed by atoms with Crippen molar-refractivity contribution in [3.8, 4) is 0 Å². The van der Waals surface area contributed by atoms with Crippen LogP contribution in [-0.2, 0) is 4.74 Å². The number of non-ortho nitro benzene ring substituents is 1. The number of morpholine rings is 1. The second-order valence-corrected chi connectivity index (χ2v) is 4.20. The van der Waals surface area contributed by atoms with Gasteiger partial charge in [-0.25, -0.2) is 0 Å². The summed E-state index contributed by atoms with van der Waals surface area (Å²) in [7, 11) is 0. The van der Waals surface area contributed by atoms with E-state index in [2.05, 4.69) is 0 Å². The minimum Gasteiger partial charge on any atom is -0.378 e. The minimum atomic E-state index is -0.595. The maximum atomic E-state index is 10.8. The lowest BCUT2D eigenvalue weighted by molar-refractivity contribution is -0.400. The van der Waals surface area contributed by atoms with Crippen molar-refractivity contribution in [2.45, 2.75) is 0 Å². The molecular weight excluding hydrogens is 266 g/mol. The standard InChI is InChI=1S/C12H13N3O5/c16-14(17)4-3-10-9-11(15(18)19)1-2-12(10)13-5-7-20-8-6-13/h1-4,9H,5-8H2/b4-3-. The van der Waals surface area contributed by atoms with E-state index in [4.69, 9.17) is 4.74 Å². The normalized spacial score (nSPS) is 15.5. The van der Waals surface area contributed by atoms with Crippen molar-refractivity contribution >= 4 is 17.5 Å². The van der Waals surface area contributed by atoms with Gasteiger partial charge >= 0.3 is 0 Å². The number of rotatable bonds is 4. The molecule has 1 fully saturated rings. The van der Waals surface area contributed by atoms with Crippen LogP contribution in [0.1, 0.15) is 5.56 Å². The van der Waals surface area contributed by atoms with Crippen molar-refractivity contribution in [1.82, 2.24) is 0 Å². The summed E-state index contributed by atoms with van der Waals surface area (Å²) in [5.41, 5.74) is 1.10. The molecule has 1 saturated heterocycles. The Bertz CT molecular complexity index is 552. The molecule has 0 saturated carbocycles. The largest absolute Gasteiger partial charge is 0.378 e. The fraction of sp³-hybridized carbons (Fsp3) is 0.333. The number of hydrogen-bond donors (Lipinski definition) is 0. The molecule has 20 heavy (non-hydrogen) atoms. The Kier molecular flexibility index (Phi) is 4.26. The van der Waals surface area contributed by atoms with Crippen molar-refractivity contribution in [1.29, 1.82) is 0 Å². The molecule has 106 valence electrons. The Morgan fingerprint density at radius 3 is 2.50 bits per heavy atom. The monoisotopic (exact) mass is 279 g/mol. The van der Waals surface area contributed by atoms with Crippen molar-refractivity contribution < 1.29 is 14.6 Å². The fourth-order valence-electron chi connectivity index (χ4n) is 2.02. The van der Waals surface area contributed by atoms with E-state index >= 15 is 0 Å². The van der Waals surface area contributed by atoms with E-state index in [0.717, 1.165) is 11.9 Å². The van der Waals surface area contributed by atoms with Gasteiger partial charge in [0.2, 0.25) is 6.20 Å². The van der Waals surface area contributed by atoms with E-state index in [-0.39, 0.29) is 5.69 Å². The Morgan fingerprint density at radius 1 is 1.20 bits per heavy atom. The molecule has 0 atom stereocenters. The van der Waals surface area contributed by atoms with Gasteiger partial charge in [0.1, 0.15) is 0 Å². The Balaban J connectivity index is 2.38. The number of anilines is 1. The smallest absolute Gasteiger partial charge is 0.270 e. The number of nitro groups is 2. The van der Waals surface area contributed by atoms with Gasteiger partial charge in [-0.2, -0.15) is 0 Å². The van der Waals surface area contributed by atoms with Crippen LogP contribution in [0, 0.1) is 20.2 Å². The predicted octanol–water partition coefficient (Wildman–Crippen LogP) is 1.68. The number of nitro benzene ring substituents is 1. The average molecular weight is 279 g/mol. The number of ether oxygens (including phenoxy) is 1.